The number of fused-ring (bicyclic) bond motifs is 1. The van der Waals surface area contributed by atoms with Gasteiger partial charge in [0.05, 0.1) is 24.5 Å². The van der Waals surface area contributed by atoms with Gasteiger partial charge >= 0.3 is 0 Å². The number of phenolic OH excluding ortho intramolecular Hbond substituents is 1. The maximum Gasteiger partial charge on any atom is 0.233 e. The Labute approximate surface area is 196 Å². The van der Waals surface area contributed by atoms with E-state index in [1.807, 2.05) is 32.1 Å². The molecule has 2 amide bonds. The van der Waals surface area contributed by atoms with Gasteiger partial charge in [-0.15, -0.1) is 0 Å². The number of allylic oxidation sites excluding steroid dienone is 2. The molecule has 4 atom stereocenters. The number of hydrogen-bond donors (Lipinski definition) is 3. The maximum atomic E-state index is 13.1. The van der Waals surface area contributed by atoms with Crippen LogP contribution in [0.1, 0.15) is 64.9 Å². The number of rotatable bonds is 10. The van der Waals surface area contributed by atoms with E-state index in [-0.39, 0.29) is 24.2 Å². The molecule has 1 fully saturated rings. The number of amides is 2. The molecule has 1 heterocycles. The fourth-order valence-corrected chi connectivity index (χ4v) is 5.45. The van der Waals surface area contributed by atoms with Crippen molar-refractivity contribution >= 4 is 17.9 Å². The third-order valence-electron chi connectivity index (χ3n) is 6.95. The average molecular weight is 456 g/mol. The fourth-order valence-electron chi connectivity index (χ4n) is 5.45. The van der Waals surface area contributed by atoms with Crippen LogP contribution in [0.25, 0.3) is 6.08 Å². The summed E-state index contributed by atoms with van der Waals surface area (Å²) in [5, 5.41) is 31.0. The van der Waals surface area contributed by atoms with Crippen LogP contribution in [0, 0.1) is 17.8 Å². The van der Waals surface area contributed by atoms with Crippen LogP contribution in [0.2, 0.25) is 0 Å². The number of aliphatic hydroxyl groups excluding tert-OH is 2. The highest BCUT2D eigenvalue weighted by Crippen LogP contribution is 2.47. The summed E-state index contributed by atoms with van der Waals surface area (Å²) < 4.78 is 0. The molecule has 1 aliphatic carbocycles. The molecule has 3 rings (SSSR count). The van der Waals surface area contributed by atoms with Gasteiger partial charge in [0, 0.05) is 12.5 Å². The van der Waals surface area contributed by atoms with Crippen molar-refractivity contribution in [2.45, 2.75) is 65.4 Å². The Morgan fingerprint density at radius 3 is 2.45 bits per heavy atom. The molecule has 6 heteroatoms. The number of nitrogens with zero attached hydrogens (tertiary/aromatic N) is 1. The smallest absolute Gasteiger partial charge is 0.233 e. The van der Waals surface area contributed by atoms with Gasteiger partial charge in [-0.2, -0.15) is 0 Å². The molecule has 1 saturated heterocycles. The van der Waals surface area contributed by atoms with E-state index >= 15 is 0 Å². The number of benzene rings is 1. The van der Waals surface area contributed by atoms with Crippen LogP contribution in [-0.2, 0) is 9.59 Å². The Bertz CT molecular complexity index is 917. The zero-order valence-corrected chi connectivity index (χ0v) is 20.0. The van der Waals surface area contributed by atoms with Gasteiger partial charge in [-0.3, -0.25) is 14.5 Å². The van der Waals surface area contributed by atoms with Crippen molar-refractivity contribution in [2.75, 3.05) is 13.2 Å². The molecule has 0 unspecified atom stereocenters. The van der Waals surface area contributed by atoms with E-state index in [0.717, 1.165) is 35.1 Å². The van der Waals surface area contributed by atoms with Crippen molar-refractivity contribution < 1.29 is 24.9 Å². The molecule has 1 aromatic carbocycles. The number of carbonyl (C=O) groups is 2. The van der Waals surface area contributed by atoms with Gasteiger partial charge in [-0.05, 0) is 62.3 Å². The number of hydrogen-bond acceptors (Lipinski definition) is 5. The molecule has 1 aliphatic heterocycles. The van der Waals surface area contributed by atoms with Crippen LogP contribution in [0.15, 0.2) is 41.0 Å². The Hall–Kier alpha value is -2.44. The van der Waals surface area contributed by atoms with Crippen molar-refractivity contribution in [2.24, 2.45) is 17.8 Å². The minimum Gasteiger partial charge on any atom is -0.508 e. The second kappa shape index (κ2) is 11.1. The van der Waals surface area contributed by atoms with Gasteiger partial charge in [0.1, 0.15) is 5.75 Å². The molecule has 0 saturated carbocycles. The van der Waals surface area contributed by atoms with E-state index in [4.69, 9.17) is 0 Å². The molecule has 180 valence electrons. The van der Waals surface area contributed by atoms with Crippen molar-refractivity contribution in [1.29, 1.82) is 0 Å². The van der Waals surface area contributed by atoms with Crippen LogP contribution in [-0.4, -0.2) is 51.3 Å². The number of carbonyl (C=O) groups excluding carboxylic acids is 2. The Kier molecular flexibility index (Phi) is 8.49. The van der Waals surface area contributed by atoms with Crippen molar-refractivity contribution in [1.82, 2.24) is 4.90 Å². The normalized spacial score (nSPS) is 24.5. The number of likely N-dealkylation sites (tertiary alicyclic amines) is 1. The SMILES string of the molecule is CCCC1=C([C@H](O)CC/C(C)=C/c2ccc(O)cc2)[C@H](CO)[C@@H]2C(=O)N(CCC)C(=O)[C@@H]2C1. The van der Waals surface area contributed by atoms with Crippen LogP contribution >= 0.6 is 0 Å². The first-order valence-electron chi connectivity index (χ1n) is 12.1. The standard InChI is InChI=1S/C27H37NO5/c1-4-6-19-15-21-25(27(33)28(13-5-2)26(21)32)22(16-29)24(19)23(31)12-7-17(3)14-18-8-10-20(30)11-9-18/h8-11,14,21-23,25,29-31H,4-7,12-13,15-16H2,1-3H3/b17-14+/t21-,22+,23-,25-/m1/s1. The molecule has 0 spiro atoms. The zero-order valence-electron chi connectivity index (χ0n) is 20.0. The van der Waals surface area contributed by atoms with Gasteiger partial charge in [0.2, 0.25) is 11.8 Å². The lowest BCUT2D eigenvalue weighted by atomic mass is 9.67. The summed E-state index contributed by atoms with van der Waals surface area (Å²) in [7, 11) is 0. The van der Waals surface area contributed by atoms with Crippen molar-refractivity contribution in [3.8, 4) is 5.75 Å². The van der Waals surface area contributed by atoms with E-state index in [2.05, 4.69) is 6.92 Å². The zero-order chi connectivity index (χ0) is 24.1. The first-order chi connectivity index (χ1) is 15.8. The summed E-state index contributed by atoms with van der Waals surface area (Å²) in [6, 6.07) is 6.96. The molecule has 0 bridgehead atoms. The Morgan fingerprint density at radius 2 is 1.85 bits per heavy atom. The minimum absolute atomic E-state index is 0.125. The second-order valence-corrected chi connectivity index (χ2v) is 9.40. The monoisotopic (exact) mass is 455 g/mol. The lowest BCUT2D eigenvalue weighted by Crippen LogP contribution is -2.39. The summed E-state index contributed by atoms with van der Waals surface area (Å²) in [5.74, 6) is -1.61. The predicted molar refractivity (Wildman–Crippen MR) is 128 cm³/mol. The largest absolute Gasteiger partial charge is 0.508 e. The van der Waals surface area contributed by atoms with Crippen LogP contribution < -0.4 is 0 Å². The minimum atomic E-state index is -0.768. The van der Waals surface area contributed by atoms with Crippen molar-refractivity contribution in [3.63, 3.8) is 0 Å². The van der Waals surface area contributed by atoms with Gasteiger partial charge in [-0.25, -0.2) is 0 Å². The third kappa shape index (κ3) is 5.39. The lowest BCUT2D eigenvalue weighted by molar-refractivity contribution is -0.140. The van der Waals surface area contributed by atoms with Crippen LogP contribution in [0.5, 0.6) is 5.75 Å². The summed E-state index contributed by atoms with van der Waals surface area (Å²) in [5.41, 5.74) is 3.88. The molecule has 2 aliphatic rings. The molecule has 0 radical (unpaired) electrons. The fraction of sp³-hybridized carbons (Fsp3) is 0.556. The molecule has 1 aromatic rings. The highest BCUT2D eigenvalue weighted by atomic mass is 16.3. The molecule has 0 aromatic heterocycles. The molecular weight excluding hydrogens is 418 g/mol. The van der Waals surface area contributed by atoms with Crippen LogP contribution in [0.3, 0.4) is 0 Å². The highest BCUT2D eigenvalue weighted by molar-refractivity contribution is 6.05. The van der Waals surface area contributed by atoms with Crippen LogP contribution in [0.4, 0.5) is 0 Å². The van der Waals surface area contributed by atoms with E-state index in [9.17, 15) is 24.9 Å². The van der Waals surface area contributed by atoms with E-state index in [1.54, 1.807) is 12.1 Å². The van der Waals surface area contributed by atoms with E-state index < -0.39 is 23.9 Å². The van der Waals surface area contributed by atoms with Crippen molar-refractivity contribution in [3.05, 3.63) is 46.5 Å². The summed E-state index contributed by atoms with van der Waals surface area (Å²) in [6.45, 7) is 6.17. The quantitative estimate of drug-likeness (QED) is 0.365. The first kappa shape index (κ1) is 25.2. The maximum absolute atomic E-state index is 13.1. The van der Waals surface area contributed by atoms with Gasteiger partial charge in [-0.1, -0.05) is 49.6 Å². The van der Waals surface area contributed by atoms with E-state index in [1.165, 1.54) is 4.90 Å². The number of phenols is 1. The molecule has 33 heavy (non-hydrogen) atoms. The summed E-state index contributed by atoms with van der Waals surface area (Å²) >= 11 is 0. The highest BCUT2D eigenvalue weighted by Gasteiger charge is 2.54. The average Bonchev–Trinajstić information content (AvgIpc) is 3.03. The van der Waals surface area contributed by atoms with Gasteiger partial charge < -0.3 is 15.3 Å². The Morgan fingerprint density at radius 1 is 1.15 bits per heavy atom. The van der Waals surface area contributed by atoms with E-state index in [0.29, 0.717) is 32.2 Å². The van der Waals surface area contributed by atoms with Gasteiger partial charge in [0.25, 0.3) is 0 Å². The summed E-state index contributed by atoms with van der Waals surface area (Å²) in [4.78, 5) is 27.4. The molecular formula is C27H37NO5. The van der Waals surface area contributed by atoms with Gasteiger partial charge in [0.15, 0.2) is 0 Å². The molecule has 3 N–H and O–H groups in total. The number of aromatic hydroxyl groups is 1. The number of imide groups is 1. The second-order valence-electron chi connectivity index (χ2n) is 9.40. The third-order valence-corrected chi connectivity index (χ3v) is 6.95. The topological polar surface area (TPSA) is 98.1 Å². The first-order valence-corrected chi connectivity index (χ1v) is 12.1. The predicted octanol–water partition coefficient (Wildman–Crippen LogP) is 4.06. The Balaban J connectivity index is 1.81. The molecule has 6 nitrogen and oxygen atoms in total. The number of aliphatic hydroxyl groups is 2. The lowest BCUT2D eigenvalue weighted by Gasteiger charge is -2.36. The summed E-state index contributed by atoms with van der Waals surface area (Å²) in [6.07, 6.45) is 5.23.